The lowest BCUT2D eigenvalue weighted by Crippen LogP contribution is -2.10. The van der Waals surface area contributed by atoms with Gasteiger partial charge in [-0.2, -0.15) is 0 Å². The summed E-state index contributed by atoms with van der Waals surface area (Å²) in [5.41, 5.74) is 1.21. The van der Waals surface area contributed by atoms with Crippen molar-refractivity contribution in [2.45, 2.75) is 6.42 Å². The van der Waals surface area contributed by atoms with E-state index in [4.69, 9.17) is 18.9 Å². The van der Waals surface area contributed by atoms with Gasteiger partial charge in [0.1, 0.15) is 0 Å². The molecule has 0 unspecified atom stereocenters. The number of fused-ring (bicyclic) bond motifs is 3. The minimum absolute atomic E-state index is 0. The molecular formula is C21H28BrNO5. The fraction of sp³-hybridized carbons (Fsp3) is 0.333. The fourth-order valence-corrected chi connectivity index (χ4v) is 3.41. The Morgan fingerprint density at radius 1 is 0.786 bits per heavy atom. The molecule has 0 amide bonds. The lowest BCUT2D eigenvalue weighted by molar-refractivity contribution is 0.355. The molecule has 0 radical (unpaired) electrons. The number of rotatable bonds is 7. The molecule has 0 aliphatic heterocycles. The van der Waals surface area contributed by atoms with E-state index >= 15 is 0 Å². The average Bonchev–Trinajstić information content (AvgIpc) is 2.69. The molecule has 0 atom stereocenters. The van der Waals surface area contributed by atoms with Crippen LogP contribution in [0.1, 0.15) is 5.56 Å². The predicted molar refractivity (Wildman–Crippen MR) is 119 cm³/mol. The van der Waals surface area contributed by atoms with Crippen LogP contribution >= 0.6 is 17.0 Å². The van der Waals surface area contributed by atoms with Crippen molar-refractivity contribution < 1.29 is 24.4 Å². The third-order valence-corrected chi connectivity index (χ3v) is 4.69. The molecule has 0 aliphatic carbocycles. The normalized spacial score (nSPS) is 10.2. The second-order valence-electron chi connectivity index (χ2n) is 6.04. The maximum absolute atomic E-state index is 5.73. The molecule has 0 bridgehead atoms. The van der Waals surface area contributed by atoms with Gasteiger partial charge in [0.15, 0.2) is 23.0 Å². The van der Waals surface area contributed by atoms with Crippen LogP contribution in [0.4, 0.5) is 0 Å². The molecule has 0 fully saturated rings. The third kappa shape index (κ3) is 4.11. The summed E-state index contributed by atoms with van der Waals surface area (Å²) in [6.45, 7) is 0.883. The van der Waals surface area contributed by atoms with E-state index in [0.717, 1.165) is 46.0 Å². The van der Waals surface area contributed by atoms with E-state index in [1.807, 2.05) is 19.2 Å². The molecule has 0 saturated heterocycles. The molecule has 0 aliphatic rings. The van der Waals surface area contributed by atoms with Gasteiger partial charge in [-0.25, -0.2) is 0 Å². The Balaban J connectivity index is 0.00000196. The Kier molecular flexibility index (Phi) is 8.81. The summed E-state index contributed by atoms with van der Waals surface area (Å²) in [6, 6.07) is 10.3. The molecule has 3 aromatic carbocycles. The van der Waals surface area contributed by atoms with Crippen molar-refractivity contribution in [3.8, 4) is 23.0 Å². The Morgan fingerprint density at radius 2 is 1.43 bits per heavy atom. The quantitative estimate of drug-likeness (QED) is 0.553. The van der Waals surface area contributed by atoms with E-state index in [1.54, 1.807) is 28.4 Å². The number of nitrogens with one attached hydrogen (secondary N) is 1. The van der Waals surface area contributed by atoms with E-state index < -0.39 is 0 Å². The van der Waals surface area contributed by atoms with Gasteiger partial charge in [-0.15, -0.1) is 17.0 Å². The van der Waals surface area contributed by atoms with E-state index in [9.17, 15) is 0 Å². The van der Waals surface area contributed by atoms with Crippen LogP contribution < -0.4 is 24.3 Å². The highest BCUT2D eigenvalue weighted by Crippen LogP contribution is 2.44. The second-order valence-corrected chi connectivity index (χ2v) is 6.04. The summed E-state index contributed by atoms with van der Waals surface area (Å²) < 4.78 is 22.3. The molecule has 0 heterocycles. The first kappa shape index (κ1) is 23.8. The topological polar surface area (TPSA) is 80.5 Å². The summed E-state index contributed by atoms with van der Waals surface area (Å²) in [4.78, 5) is 0. The molecule has 3 N–H and O–H groups in total. The summed E-state index contributed by atoms with van der Waals surface area (Å²) in [5, 5.41) is 7.48. The number of halogens is 1. The number of benzene rings is 3. The van der Waals surface area contributed by atoms with Crippen LogP contribution in [0.5, 0.6) is 23.0 Å². The van der Waals surface area contributed by atoms with Crippen LogP contribution in [0, 0.1) is 0 Å². The molecule has 3 aromatic rings. The van der Waals surface area contributed by atoms with Crippen LogP contribution in [0.2, 0.25) is 0 Å². The molecule has 3 rings (SSSR count). The minimum atomic E-state index is 0. The van der Waals surface area contributed by atoms with E-state index in [0.29, 0.717) is 11.5 Å². The molecule has 7 heteroatoms. The maximum atomic E-state index is 5.73. The van der Waals surface area contributed by atoms with Gasteiger partial charge in [-0.1, -0.05) is 12.1 Å². The Morgan fingerprint density at radius 3 is 2.00 bits per heavy atom. The standard InChI is InChI=1S/C21H25NO4.BrH.H2O/c1-22-9-8-14-11-19(25-4)21(26-5)20-15(14)7-6-13-10-17(23-2)18(24-3)12-16(13)20;;/h6-7,10-12,22H,8-9H2,1-5H3;1H;1H2. The van der Waals surface area contributed by atoms with Crippen molar-refractivity contribution in [1.29, 1.82) is 0 Å². The number of hydrogen-bond donors (Lipinski definition) is 1. The van der Waals surface area contributed by atoms with Gasteiger partial charge in [0.25, 0.3) is 0 Å². The molecule has 0 aromatic heterocycles. The van der Waals surface area contributed by atoms with Crippen molar-refractivity contribution in [3.05, 3.63) is 35.9 Å². The highest BCUT2D eigenvalue weighted by atomic mass is 79.9. The monoisotopic (exact) mass is 453 g/mol. The number of likely N-dealkylation sites (N-methyl/N-ethyl adjacent to an activating group) is 1. The van der Waals surface area contributed by atoms with Gasteiger partial charge in [0.2, 0.25) is 0 Å². The van der Waals surface area contributed by atoms with Gasteiger partial charge < -0.3 is 29.7 Å². The number of hydrogen-bond acceptors (Lipinski definition) is 5. The molecule has 0 saturated carbocycles. The first-order valence-electron chi connectivity index (χ1n) is 8.55. The lowest BCUT2D eigenvalue weighted by atomic mass is 9.95. The summed E-state index contributed by atoms with van der Waals surface area (Å²) >= 11 is 0. The highest BCUT2D eigenvalue weighted by molar-refractivity contribution is 8.93. The predicted octanol–water partition coefficient (Wildman–Crippen LogP) is 3.54. The van der Waals surface area contributed by atoms with Gasteiger partial charge in [-0.3, -0.25) is 0 Å². The summed E-state index contributed by atoms with van der Waals surface area (Å²) in [7, 11) is 8.58. The van der Waals surface area contributed by atoms with Crippen LogP contribution in [0.25, 0.3) is 21.5 Å². The largest absolute Gasteiger partial charge is 0.493 e. The van der Waals surface area contributed by atoms with Crippen molar-refractivity contribution in [1.82, 2.24) is 5.32 Å². The van der Waals surface area contributed by atoms with E-state index in [2.05, 4.69) is 23.5 Å². The average molecular weight is 454 g/mol. The van der Waals surface area contributed by atoms with Crippen LogP contribution in [0.15, 0.2) is 30.3 Å². The van der Waals surface area contributed by atoms with Gasteiger partial charge in [0, 0.05) is 5.39 Å². The van der Waals surface area contributed by atoms with Crippen LogP contribution in [-0.2, 0) is 6.42 Å². The Hall–Kier alpha value is -2.22. The molecule has 0 spiro atoms. The van der Waals surface area contributed by atoms with Crippen LogP contribution in [0.3, 0.4) is 0 Å². The smallest absolute Gasteiger partial charge is 0.169 e. The SMILES string of the molecule is Br.CNCCc1cc(OC)c(OC)c2c1ccc1cc(OC)c(OC)cc12.O. The Labute approximate surface area is 175 Å². The summed E-state index contributed by atoms with van der Waals surface area (Å²) in [6.07, 6.45) is 0.895. The maximum Gasteiger partial charge on any atom is 0.169 e. The third-order valence-electron chi connectivity index (χ3n) is 4.69. The molecule has 154 valence electrons. The lowest BCUT2D eigenvalue weighted by Gasteiger charge is -2.18. The zero-order valence-electron chi connectivity index (χ0n) is 16.8. The zero-order valence-corrected chi connectivity index (χ0v) is 18.6. The molecule has 28 heavy (non-hydrogen) atoms. The minimum Gasteiger partial charge on any atom is -0.493 e. The van der Waals surface area contributed by atoms with Crippen molar-refractivity contribution >= 4 is 38.5 Å². The molecular weight excluding hydrogens is 426 g/mol. The van der Waals surface area contributed by atoms with Crippen molar-refractivity contribution in [2.24, 2.45) is 0 Å². The second kappa shape index (κ2) is 10.4. The highest BCUT2D eigenvalue weighted by Gasteiger charge is 2.17. The van der Waals surface area contributed by atoms with Gasteiger partial charge >= 0.3 is 0 Å². The van der Waals surface area contributed by atoms with Crippen LogP contribution in [-0.4, -0.2) is 47.5 Å². The van der Waals surface area contributed by atoms with E-state index in [1.165, 1.54) is 5.56 Å². The van der Waals surface area contributed by atoms with Crippen molar-refractivity contribution in [2.75, 3.05) is 42.0 Å². The summed E-state index contributed by atoms with van der Waals surface area (Å²) in [5.74, 6) is 2.85. The Bertz CT molecular complexity index is 945. The van der Waals surface area contributed by atoms with Crippen molar-refractivity contribution in [3.63, 3.8) is 0 Å². The van der Waals surface area contributed by atoms with Gasteiger partial charge in [-0.05, 0) is 59.9 Å². The van der Waals surface area contributed by atoms with Gasteiger partial charge in [0.05, 0.1) is 28.4 Å². The number of ether oxygens (including phenoxy) is 4. The van der Waals surface area contributed by atoms with E-state index in [-0.39, 0.29) is 22.5 Å². The number of methoxy groups -OCH3 is 4. The first-order chi connectivity index (χ1) is 12.7. The first-order valence-corrected chi connectivity index (χ1v) is 8.55. The molecule has 6 nitrogen and oxygen atoms in total. The zero-order chi connectivity index (χ0) is 18.7. The fourth-order valence-electron chi connectivity index (χ4n) is 3.41.